The number of aliphatic imine (C=N–C) groups is 1. The van der Waals surface area contributed by atoms with Gasteiger partial charge in [0.15, 0.2) is 11.8 Å². The van der Waals surface area contributed by atoms with Gasteiger partial charge in [0.05, 0.1) is 0 Å². The van der Waals surface area contributed by atoms with Gasteiger partial charge in [0.25, 0.3) is 0 Å². The van der Waals surface area contributed by atoms with E-state index < -0.39 is 0 Å². The van der Waals surface area contributed by atoms with Gasteiger partial charge >= 0.3 is 0 Å². The molecule has 23 heavy (non-hydrogen) atoms. The molecule has 0 bridgehead atoms. The molecule has 0 radical (unpaired) electrons. The van der Waals surface area contributed by atoms with Crippen LogP contribution in [0.5, 0.6) is 0 Å². The van der Waals surface area contributed by atoms with E-state index in [0.29, 0.717) is 6.54 Å². The molecular formula is C14H25IN8. The molecule has 0 aliphatic heterocycles. The summed E-state index contributed by atoms with van der Waals surface area (Å²) in [6.07, 6.45) is 6.48. The van der Waals surface area contributed by atoms with Crippen molar-refractivity contribution in [2.75, 3.05) is 13.1 Å². The van der Waals surface area contributed by atoms with Gasteiger partial charge in [-0.3, -0.25) is 4.68 Å². The van der Waals surface area contributed by atoms with Crippen molar-refractivity contribution in [2.24, 2.45) is 4.99 Å². The van der Waals surface area contributed by atoms with Crippen molar-refractivity contribution in [3.8, 4) is 0 Å². The van der Waals surface area contributed by atoms with Gasteiger partial charge in [-0.1, -0.05) is 0 Å². The largest absolute Gasteiger partial charge is 0.357 e. The summed E-state index contributed by atoms with van der Waals surface area (Å²) in [5.74, 6) is 1.67. The molecule has 2 aromatic heterocycles. The van der Waals surface area contributed by atoms with Gasteiger partial charge < -0.3 is 15.2 Å². The number of halogens is 1. The quantitative estimate of drug-likeness (QED) is 0.284. The Bertz CT molecular complexity index is 563. The Morgan fingerprint density at radius 2 is 2.17 bits per heavy atom. The fourth-order valence-corrected chi connectivity index (χ4v) is 2.04. The van der Waals surface area contributed by atoms with E-state index in [1.165, 1.54) is 0 Å². The highest BCUT2D eigenvalue weighted by Crippen LogP contribution is 1.97. The van der Waals surface area contributed by atoms with Gasteiger partial charge in [-0.2, -0.15) is 5.10 Å². The predicted molar refractivity (Wildman–Crippen MR) is 101 cm³/mol. The number of hydrogen-bond acceptors (Lipinski definition) is 4. The zero-order valence-corrected chi connectivity index (χ0v) is 16.0. The minimum atomic E-state index is 0. The fourth-order valence-electron chi connectivity index (χ4n) is 2.04. The first kappa shape index (κ1) is 19.4. The number of guanidine groups is 1. The lowest BCUT2D eigenvalue weighted by molar-refractivity contribution is 0.570. The fraction of sp³-hybridized carbons (Fsp3) is 0.571. The normalized spacial score (nSPS) is 11.1. The highest BCUT2D eigenvalue weighted by Gasteiger charge is 2.03. The lowest BCUT2D eigenvalue weighted by Gasteiger charge is -2.11. The monoisotopic (exact) mass is 432 g/mol. The van der Waals surface area contributed by atoms with Gasteiger partial charge in [-0.25, -0.2) is 4.99 Å². The van der Waals surface area contributed by atoms with E-state index >= 15 is 0 Å². The highest BCUT2D eigenvalue weighted by atomic mass is 127. The van der Waals surface area contributed by atoms with E-state index in [4.69, 9.17) is 0 Å². The van der Waals surface area contributed by atoms with E-state index in [2.05, 4.69) is 44.8 Å². The molecule has 2 N–H and O–H groups in total. The molecule has 2 aromatic rings. The third-order valence-electron chi connectivity index (χ3n) is 3.17. The summed E-state index contributed by atoms with van der Waals surface area (Å²) in [5.41, 5.74) is 0. The van der Waals surface area contributed by atoms with E-state index in [0.717, 1.165) is 44.4 Å². The number of nitrogens with one attached hydrogen (secondary N) is 2. The molecule has 2 rings (SSSR count). The Labute approximate surface area is 153 Å². The van der Waals surface area contributed by atoms with Crippen LogP contribution in [0.3, 0.4) is 0 Å². The van der Waals surface area contributed by atoms with Gasteiger partial charge in [-0.15, -0.1) is 34.2 Å². The molecular weight excluding hydrogens is 407 g/mol. The van der Waals surface area contributed by atoms with Crippen molar-refractivity contribution in [1.29, 1.82) is 0 Å². The van der Waals surface area contributed by atoms with Crippen LogP contribution in [0, 0.1) is 0 Å². The van der Waals surface area contributed by atoms with Crippen LogP contribution < -0.4 is 10.6 Å². The van der Waals surface area contributed by atoms with Crippen LogP contribution in [0.15, 0.2) is 29.8 Å². The highest BCUT2D eigenvalue weighted by molar-refractivity contribution is 14.0. The van der Waals surface area contributed by atoms with Crippen molar-refractivity contribution < 1.29 is 0 Å². The second-order valence-corrected chi connectivity index (χ2v) is 4.78. The summed E-state index contributed by atoms with van der Waals surface area (Å²) in [4.78, 5) is 4.55. The van der Waals surface area contributed by atoms with Crippen molar-refractivity contribution >= 4 is 29.9 Å². The molecule has 0 saturated carbocycles. The first-order valence-corrected chi connectivity index (χ1v) is 7.69. The smallest absolute Gasteiger partial charge is 0.191 e. The van der Waals surface area contributed by atoms with Gasteiger partial charge in [0.2, 0.25) is 0 Å². The minimum Gasteiger partial charge on any atom is -0.357 e. The zero-order valence-electron chi connectivity index (χ0n) is 13.6. The third-order valence-corrected chi connectivity index (χ3v) is 3.17. The van der Waals surface area contributed by atoms with Crippen LogP contribution in [-0.2, 0) is 19.6 Å². The summed E-state index contributed by atoms with van der Waals surface area (Å²) >= 11 is 0. The van der Waals surface area contributed by atoms with E-state index in [1.54, 1.807) is 12.5 Å². The van der Waals surface area contributed by atoms with Crippen LogP contribution in [0.25, 0.3) is 0 Å². The predicted octanol–water partition coefficient (Wildman–Crippen LogP) is 1.26. The van der Waals surface area contributed by atoms with Crippen LogP contribution in [0.2, 0.25) is 0 Å². The zero-order chi connectivity index (χ0) is 15.6. The minimum absolute atomic E-state index is 0. The molecule has 8 nitrogen and oxygen atoms in total. The second-order valence-electron chi connectivity index (χ2n) is 4.78. The van der Waals surface area contributed by atoms with Gasteiger partial charge in [0, 0.05) is 38.6 Å². The molecule has 0 aromatic carbocycles. The summed E-state index contributed by atoms with van der Waals surface area (Å²) in [7, 11) is 0. The number of rotatable bonds is 8. The number of aromatic nitrogens is 5. The number of hydrogen-bond donors (Lipinski definition) is 2. The molecule has 0 unspecified atom stereocenters. The Kier molecular flexibility index (Phi) is 9.25. The Balaban J connectivity index is 0.00000264. The first-order valence-electron chi connectivity index (χ1n) is 7.69. The first-order chi connectivity index (χ1) is 10.8. The molecule has 0 fully saturated rings. The van der Waals surface area contributed by atoms with Crippen LogP contribution in [0.4, 0.5) is 0 Å². The van der Waals surface area contributed by atoms with Crippen molar-refractivity contribution in [1.82, 2.24) is 35.2 Å². The van der Waals surface area contributed by atoms with Crippen molar-refractivity contribution in [3.63, 3.8) is 0 Å². The van der Waals surface area contributed by atoms with Crippen LogP contribution in [0.1, 0.15) is 26.1 Å². The van der Waals surface area contributed by atoms with Gasteiger partial charge in [0.1, 0.15) is 12.9 Å². The van der Waals surface area contributed by atoms with Crippen molar-refractivity contribution in [2.45, 2.75) is 39.9 Å². The lowest BCUT2D eigenvalue weighted by atomic mass is 10.4. The summed E-state index contributed by atoms with van der Waals surface area (Å²) in [6, 6.07) is 1.93. The molecule has 0 spiro atoms. The summed E-state index contributed by atoms with van der Waals surface area (Å²) < 4.78 is 3.92. The molecule has 9 heteroatoms. The van der Waals surface area contributed by atoms with Gasteiger partial charge in [-0.05, 0) is 26.3 Å². The molecule has 0 amide bonds. The maximum Gasteiger partial charge on any atom is 0.191 e. The maximum atomic E-state index is 4.55. The van der Waals surface area contributed by atoms with Crippen LogP contribution in [-0.4, -0.2) is 43.6 Å². The molecule has 0 atom stereocenters. The SMILES string of the molecule is CCNC(=NCc1nncn1CC)NCCCn1cccn1.I. The number of aryl methyl sites for hydroxylation is 2. The third kappa shape index (κ3) is 6.55. The van der Waals surface area contributed by atoms with Crippen molar-refractivity contribution in [3.05, 3.63) is 30.6 Å². The lowest BCUT2D eigenvalue weighted by Crippen LogP contribution is -2.38. The van der Waals surface area contributed by atoms with E-state index in [-0.39, 0.29) is 24.0 Å². The topological polar surface area (TPSA) is 85.0 Å². The summed E-state index contributed by atoms with van der Waals surface area (Å²) in [5, 5.41) is 18.7. The van der Waals surface area contributed by atoms with Crippen LogP contribution >= 0.6 is 24.0 Å². The molecule has 0 aliphatic rings. The molecule has 0 saturated heterocycles. The molecule has 128 valence electrons. The average Bonchev–Trinajstić information content (AvgIpc) is 3.19. The Morgan fingerprint density at radius 3 is 2.87 bits per heavy atom. The number of nitrogens with zero attached hydrogens (tertiary/aromatic N) is 6. The maximum absolute atomic E-state index is 4.55. The average molecular weight is 432 g/mol. The standard InChI is InChI=1S/C14H24N8.HI/c1-3-15-14(16-7-5-9-22-10-6-8-19-22)17-11-13-20-18-12-21(13)4-2;/h6,8,10,12H,3-5,7,9,11H2,1-2H3,(H2,15,16,17);1H. The van der Waals surface area contributed by atoms with E-state index in [9.17, 15) is 0 Å². The molecule has 0 aliphatic carbocycles. The summed E-state index contributed by atoms with van der Waals surface area (Å²) in [6.45, 7) is 8.04. The Hall–Kier alpha value is -1.65. The Morgan fingerprint density at radius 1 is 1.30 bits per heavy atom. The second kappa shape index (κ2) is 11.0. The molecule has 2 heterocycles. The van der Waals surface area contributed by atoms with E-state index in [1.807, 2.05) is 21.5 Å².